The Balaban J connectivity index is 2.59. The summed E-state index contributed by atoms with van der Waals surface area (Å²) in [6.45, 7) is 4.31. The lowest BCUT2D eigenvalue weighted by Gasteiger charge is -2.20. The quantitative estimate of drug-likeness (QED) is 0.814. The van der Waals surface area contributed by atoms with E-state index in [1.54, 1.807) is 0 Å². The number of aliphatic hydroxyl groups is 1. The Hall–Kier alpha value is -0.130. The van der Waals surface area contributed by atoms with Gasteiger partial charge in [-0.15, -0.1) is 0 Å². The SMILES string of the molecule is CC(C)CC[C@H](O)[C@H](N)c1cccc(I)c1. The third-order valence-corrected chi connectivity index (χ3v) is 3.36. The topological polar surface area (TPSA) is 46.2 Å². The van der Waals surface area contributed by atoms with Gasteiger partial charge in [-0.05, 0) is 59.0 Å². The van der Waals surface area contributed by atoms with Crippen molar-refractivity contribution in [2.75, 3.05) is 0 Å². The Kier molecular flexibility index (Phi) is 5.72. The van der Waals surface area contributed by atoms with E-state index in [0.717, 1.165) is 22.0 Å². The monoisotopic (exact) mass is 333 g/mol. The summed E-state index contributed by atoms with van der Waals surface area (Å²) in [5, 5.41) is 9.98. The van der Waals surface area contributed by atoms with Gasteiger partial charge in [-0.3, -0.25) is 0 Å². The first-order valence-corrected chi connectivity index (χ1v) is 6.77. The fourth-order valence-corrected chi connectivity index (χ4v) is 2.19. The molecule has 0 unspecified atom stereocenters. The number of rotatable bonds is 5. The fraction of sp³-hybridized carbons (Fsp3) is 0.538. The minimum Gasteiger partial charge on any atom is -0.391 e. The molecule has 0 heterocycles. The average Bonchev–Trinajstić information content (AvgIpc) is 2.24. The molecule has 0 fully saturated rings. The van der Waals surface area contributed by atoms with Crippen LogP contribution in [-0.2, 0) is 0 Å². The van der Waals surface area contributed by atoms with Crippen molar-refractivity contribution in [3.8, 4) is 0 Å². The molecule has 3 N–H and O–H groups in total. The zero-order chi connectivity index (χ0) is 12.1. The van der Waals surface area contributed by atoms with Crippen molar-refractivity contribution in [2.24, 2.45) is 11.7 Å². The molecular weight excluding hydrogens is 313 g/mol. The average molecular weight is 333 g/mol. The van der Waals surface area contributed by atoms with Gasteiger partial charge >= 0.3 is 0 Å². The zero-order valence-corrected chi connectivity index (χ0v) is 12.0. The van der Waals surface area contributed by atoms with Gasteiger partial charge < -0.3 is 10.8 Å². The summed E-state index contributed by atoms with van der Waals surface area (Å²) in [4.78, 5) is 0. The second-order valence-corrected chi connectivity index (χ2v) is 5.86. The van der Waals surface area contributed by atoms with Crippen LogP contribution < -0.4 is 5.73 Å². The molecule has 0 saturated heterocycles. The normalized spacial score (nSPS) is 15.1. The Bertz CT molecular complexity index is 327. The van der Waals surface area contributed by atoms with Crippen molar-refractivity contribution in [1.82, 2.24) is 0 Å². The van der Waals surface area contributed by atoms with Crippen LogP contribution >= 0.6 is 22.6 Å². The third-order valence-electron chi connectivity index (χ3n) is 2.69. The maximum Gasteiger partial charge on any atom is 0.0732 e. The van der Waals surface area contributed by atoms with Crippen LogP contribution in [0.5, 0.6) is 0 Å². The van der Waals surface area contributed by atoms with Crippen LogP contribution in [0.25, 0.3) is 0 Å². The molecule has 0 aliphatic carbocycles. The van der Waals surface area contributed by atoms with Crippen molar-refractivity contribution >= 4 is 22.6 Å². The molecule has 16 heavy (non-hydrogen) atoms. The molecule has 2 atom stereocenters. The van der Waals surface area contributed by atoms with Crippen LogP contribution in [0, 0.1) is 9.49 Å². The van der Waals surface area contributed by atoms with Crippen molar-refractivity contribution in [2.45, 2.75) is 38.8 Å². The summed E-state index contributed by atoms with van der Waals surface area (Å²) in [5.41, 5.74) is 7.06. The molecule has 0 spiro atoms. The molecule has 90 valence electrons. The highest BCUT2D eigenvalue weighted by atomic mass is 127. The molecule has 0 bridgehead atoms. The van der Waals surface area contributed by atoms with Crippen LogP contribution in [0.1, 0.15) is 38.3 Å². The summed E-state index contributed by atoms with van der Waals surface area (Å²) in [6, 6.07) is 7.74. The van der Waals surface area contributed by atoms with Gasteiger partial charge in [-0.2, -0.15) is 0 Å². The lowest BCUT2D eigenvalue weighted by molar-refractivity contribution is 0.128. The summed E-state index contributed by atoms with van der Waals surface area (Å²) < 4.78 is 1.15. The van der Waals surface area contributed by atoms with E-state index in [-0.39, 0.29) is 6.04 Å². The molecule has 1 rings (SSSR count). The Morgan fingerprint density at radius 3 is 2.56 bits per heavy atom. The molecule has 0 radical (unpaired) electrons. The molecule has 0 aliphatic rings. The molecule has 2 nitrogen and oxygen atoms in total. The predicted molar refractivity (Wildman–Crippen MR) is 76.2 cm³/mol. The summed E-state index contributed by atoms with van der Waals surface area (Å²) in [6.07, 6.45) is 1.34. The van der Waals surface area contributed by atoms with E-state index in [9.17, 15) is 5.11 Å². The van der Waals surface area contributed by atoms with E-state index >= 15 is 0 Å². The lowest BCUT2D eigenvalue weighted by Crippen LogP contribution is -2.26. The fourth-order valence-electron chi connectivity index (χ4n) is 1.62. The van der Waals surface area contributed by atoms with Crippen molar-refractivity contribution in [3.63, 3.8) is 0 Å². The first-order valence-electron chi connectivity index (χ1n) is 5.70. The molecule has 1 aromatic rings. The van der Waals surface area contributed by atoms with Gasteiger partial charge in [0, 0.05) is 3.57 Å². The summed E-state index contributed by atoms with van der Waals surface area (Å²) in [7, 11) is 0. The molecule has 3 heteroatoms. The molecular formula is C13H20INO. The number of benzene rings is 1. The van der Waals surface area contributed by atoms with Gasteiger partial charge in [-0.25, -0.2) is 0 Å². The number of hydrogen-bond acceptors (Lipinski definition) is 2. The largest absolute Gasteiger partial charge is 0.391 e. The smallest absolute Gasteiger partial charge is 0.0732 e. The van der Waals surface area contributed by atoms with Gasteiger partial charge in [0.25, 0.3) is 0 Å². The molecule has 1 aromatic carbocycles. The van der Waals surface area contributed by atoms with Crippen molar-refractivity contribution in [3.05, 3.63) is 33.4 Å². The molecule has 0 amide bonds. The lowest BCUT2D eigenvalue weighted by atomic mass is 9.96. The number of aliphatic hydroxyl groups excluding tert-OH is 1. The minimum atomic E-state index is -0.444. The maximum atomic E-state index is 9.98. The standard InChI is InChI=1S/C13H20INO/c1-9(2)6-7-12(16)13(15)10-4-3-5-11(14)8-10/h3-5,8-9,12-13,16H,6-7,15H2,1-2H3/t12-,13+/m0/s1. The zero-order valence-electron chi connectivity index (χ0n) is 9.86. The van der Waals surface area contributed by atoms with E-state index in [0.29, 0.717) is 5.92 Å². The second-order valence-electron chi connectivity index (χ2n) is 4.62. The first-order chi connectivity index (χ1) is 7.50. The highest BCUT2D eigenvalue weighted by Gasteiger charge is 2.16. The Morgan fingerprint density at radius 1 is 1.31 bits per heavy atom. The van der Waals surface area contributed by atoms with Crippen LogP contribution in [0.15, 0.2) is 24.3 Å². The third kappa shape index (κ3) is 4.39. The van der Waals surface area contributed by atoms with E-state index < -0.39 is 6.10 Å². The van der Waals surface area contributed by atoms with Crippen LogP contribution in [-0.4, -0.2) is 11.2 Å². The van der Waals surface area contributed by atoms with Crippen LogP contribution in [0.2, 0.25) is 0 Å². The van der Waals surface area contributed by atoms with Crippen molar-refractivity contribution < 1.29 is 5.11 Å². The number of nitrogens with two attached hydrogens (primary N) is 1. The highest BCUT2D eigenvalue weighted by molar-refractivity contribution is 14.1. The number of halogens is 1. The van der Waals surface area contributed by atoms with Gasteiger partial charge in [-0.1, -0.05) is 26.0 Å². The maximum absolute atomic E-state index is 9.98. The number of hydrogen-bond donors (Lipinski definition) is 2. The van der Waals surface area contributed by atoms with E-state index in [4.69, 9.17) is 5.73 Å². The van der Waals surface area contributed by atoms with E-state index in [1.165, 1.54) is 0 Å². The van der Waals surface area contributed by atoms with E-state index in [2.05, 4.69) is 36.4 Å². The highest BCUT2D eigenvalue weighted by Crippen LogP contribution is 2.20. The summed E-state index contributed by atoms with van der Waals surface area (Å²) in [5.74, 6) is 0.609. The van der Waals surface area contributed by atoms with Gasteiger partial charge in [0.2, 0.25) is 0 Å². The predicted octanol–water partition coefficient (Wildman–Crippen LogP) is 3.09. The van der Waals surface area contributed by atoms with Gasteiger partial charge in [0.15, 0.2) is 0 Å². The molecule has 0 saturated carbocycles. The van der Waals surface area contributed by atoms with Gasteiger partial charge in [0.1, 0.15) is 0 Å². The van der Waals surface area contributed by atoms with Gasteiger partial charge in [0.05, 0.1) is 12.1 Å². The van der Waals surface area contributed by atoms with Crippen LogP contribution in [0.3, 0.4) is 0 Å². The minimum absolute atomic E-state index is 0.270. The van der Waals surface area contributed by atoms with Crippen molar-refractivity contribution in [1.29, 1.82) is 0 Å². The summed E-state index contributed by atoms with van der Waals surface area (Å²) >= 11 is 2.26. The second kappa shape index (κ2) is 6.57. The van der Waals surface area contributed by atoms with E-state index in [1.807, 2.05) is 24.3 Å². The Labute approximate surface area is 111 Å². The molecule has 0 aliphatic heterocycles. The first kappa shape index (κ1) is 13.9. The Morgan fingerprint density at radius 2 is 2.00 bits per heavy atom. The molecule has 0 aromatic heterocycles. The van der Waals surface area contributed by atoms with Crippen LogP contribution in [0.4, 0.5) is 0 Å².